The Bertz CT molecular complexity index is 226. The lowest BCUT2D eigenvalue weighted by Gasteiger charge is -2.36. The number of rotatable bonds is 5. The first-order chi connectivity index (χ1) is 8.79. The minimum atomic E-state index is -0.107. The Morgan fingerprint density at radius 3 is 2.28 bits per heavy atom. The molecule has 5 heteroatoms. The van der Waals surface area contributed by atoms with Crippen LogP contribution >= 0.6 is 0 Å². The van der Waals surface area contributed by atoms with Gasteiger partial charge >= 0.3 is 0 Å². The van der Waals surface area contributed by atoms with Crippen LogP contribution in [0.5, 0.6) is 0 Å². The lowest BCUT2D eigenvalue weighted by Crippen LogP contribution is -2.48. The second-order valence-electron chi connectivity index (χ2n) is 5.45. The third kappa shape index (κ3) is 4.17. The molecule has 18 heavy (non-hydrogen) atoms. The number of aliphatic hydroxyl groups excluding tert-OH is 1. The summed E-state index contributed by atoms with van der Waals surface area (Å²) in [5.41, 5.74) is 0. The van der Waals surface area contributed by atoms with Crippen LogP contribution in [0.25, 0.3) is 0 Å². The van der Waals surface area contributed by atoms with Gasteiger partial charge in [-0.3, -0.25) is 9.80 Å². The van der Waals surface area contributed by atoms with Crippen LogP contribution in [0.4, 0.5) is 0 Å². The smallest absolute Gasteiger partial charge is 0.135 e. The first kappa shape index (κ1) is 14.2. The zero-order valence-electron chi connectivity index (χ0n) is 11.6. The van der Waals surface area contributed by atoms with Gasteiger partial charge < -0.3 is 14.7 Å². The highest BCUT2D eigenvalue weighted by atomic mass is 16.5. The molecular formula is C13H27N3O2. The maximum absolute atomic E-state index is 9.46. The predicted molar refractivity (Wildman–Crippen MR) is 71.3 cm³/mol. The molecular weight excluding hydrogens is 230 g/mol. The van der Waals surface area contributed by atoms with Crippen LogP contribution < -0.4 is 0 Å². The van der Waals surface area contributed by atoms with Gasteiger partial charge in [-0.2, -0.15) is 0 Å². The zero-order valence-corrected chi connectivity index (χ0v) is 11.6. The Hall–Kier alpha value is -0.200. The zero-order chi connectivity index (χ0) is 12.8. The maximum Gasteiger partial charge on any atom is 0.135 e. The Balaban J connectivity index is 1.69. The van der Waals surface area contributed by atoms with E-state index in [1.807, 2.05) is 0 Å². The van der Waals surface area contributed by atoms with Gasteiger partial charge in [0.05, 0.1) is 6.61 Å². The number of nitrogens with zero attached hydrogens (tertiary/aromatic N) is 3. The van der Waals surface area contributed by atoms with Crippen molar-refractivity contribution in [3.63, 3.8) is 0 Å². The highest BCUT2D eigenvalue weighted by Crippen LogP contribution is 2.13. The number of piperidine rings is 1. The van der Waals surface area contributed by atoms with Crippen molar-refractivity contribution in [1.29, 1.82) is 0 Å². The van der Waals surface area contributed by atoms with Crippen LogP contribution in [0.15, 0.2) is 0 Å². The Morgan fingerprint density at radius 2 is 1.67 bits per heavy atom. The number of likely N-dealkylation sites (tertiary alicyclic amines) is 1. The van der Waals surface area contributed by atoms with E-state index in [1.165, 1.54) is 19.3 Å². The van der Waals surface area contributed by atoms with E-state index >= 15 is 0 Å². The average Bonchev–Trinajstić information content (AvgIpc) is 2.43. The second kappa shape index (κ2) is 7.40. The quantitative estimate of drug-likeness (QED) is 0.751. The van der Waals surface area contributed by atoms with Gasteiger partial charge in [-0.05, 0) is 19.9 Å². The molecule has 1 atom stereocenters. The molecule has 2 saturated heterocycles. The lowest BCUT2D eigenvalue weighted by atomic mass is 10.1. The summed E-state index contributed by atoms with van der Waals surface area (Å²) in [5.74, 6) is 0. The van der Waals surface area contributed by atoms with E-state index in [0.717, 1.165) is 39.3 Å². The normalized spacial score (nSPS) is 26.3. The number of hydrogen-bond acceptors (Lipinski definition) is 5. The molecule has 0 aromatic rings. The summed E-state index contributed by atoms with van der Waals surface area (Å²) in [6.45, 7) is 7.22. The summed E-state index contributed by atoms with van der Waals surface area (Å²) in [5, 5.41) is 9.46. The van der Waals surface area contributed by atoms with Crippen LogP contribution in [-0.4, -0.2) is 85.7 Å². The monoisotopic (exact) mass is 257 g/mol. The van der Waals surface area contributed by atoms with Gasteiger partial charge in [-0.1, -0.05) is 6.42 Å². The topological polar surface area (TPSA) is 39.2 Å². The summed E-state index contributed by atoms with van der Waals surface area (Å²) < 4.78 is 5.89. The van der Waals surface area contributed by atoms with Crippen LogP contribution in [-0.2, 0) is 4.74 Å². The van der Waals surface area contributed by atoms with Crippen molar-refractivity contribution in [3.05, 3.63) is 0 Å². The summed E-state index contributed by atoms with van der Waals surface area (Å²) >= 11 is 0. The van der Waals surface area contributed by atoms with Crippen molar-refractivity contribution in [2.75, 3.05) is 59.7 Å². The number of likely N-dealkylation sites (N-methyl/N-ethyl adjacent to an activating group) is 1. The minimum absolute atomic E-state index is 0.105. The summed E-state index contributed by atoms with van der Waals surface area (Å²) in [6.07, 6.45) is 3.67. The molecule has 1 N–H and O–H groups in total. The van der Waals surface area contributed by atoms with Crippen LogP contribution in [0.3, 0.4) is 0 Å². The van der Waals surface area contributed by atoms with Crippen LogP contribution in [0.2, 0.25) is 0 Å². The van der Waals surface area contributed by atoms with Crippen molar-refractivity contribution in [3.8, 4) is 0 Å². The molecule has 0 amide bonds. The Morgan fingerprint density at radius 1 is 1.00 bits per heavy atom. The number of ether oxygens (including phenoxy) is 1. The minimum Gasteiger partial charge on any atom is -0.392 e. The SMILES string of the molecule is CN1CCN(COC(CO)N2CCCCC2)CC1. The number of aliphatic hydroxyl groups is 1. The lowest BCUT2D eigenvalue weighted by molar-refractivity contribution is -0.128. The maximum atomic E-state index is 9.46. The largest absolute Gasteiger partial charge is 0.392 e. The summed E-state index contributed by atoms with van der Waals surface area (Å²) in [7, 11) is 2.16. The van der Waals surface area contributed by atoms with Gasteiger partial charge in [0.25, 0.3) is 0 Å². The number of hydrogen-bond donors (Lipinski definition) is 1. The van der Waals surface area contributed by atoms with E-state index < -0.39 is 0 Å². The molecule has 2 fully saturated rings. The van der Waals surface area contributed by atoms with E-state index in [2.05, 4.69) is 21.7 Å². The van der Waals surface area contributed by atoms with Crippen LogP contribution in [0.1, 0.15) is 19.3 Å². The molecule has 2 aliphatic heterocycles. The molecule has 0 aromatic heterocycles. The standard InChI is InChI=1S/C13H27N3O2/c1-14-7-9-15(10-8-14)12-18-13(11-17)16-5-3-2-4-6-16/h13,17H,2-12H2,1H3. The van der Waals surface area contributed by atoms with Gasteiger partial charge in [-0.15, -0.1) is 0 Å². The summed E-state index contributed by atoms with van der Waals surface area (Å²) in [4.78, 5) is 6.94. The molecule has 5 nitrogen and oxygen atoms in total. The molecule has 0 radical (unpaired) electrons. The molecule has 0 bridgehead atoms. The van der Waals surface area contributed by atoms with Crippen molar-refractivity contribution >= 4 is 0 Å². The Labute approximate surface area is 110 Å². The molecule has 1 unspecified atom stereocenters. The first-order valence-electron chi connectivity index (χ1n) is 7.17. The first-order valence-corrected chi connectivity index (χ1v) is 7.17. The van der Waals surface area contributed by atoms with Crippen molar-refractivity contribution in [2.24, 2.45) is 0 Å². The fraction of sp³-hybridized carbons (Fsp3) is 1.00. The average molecular weight is 257 g/mol. The molecule has 0 aromatic carbocycles. The second-order valence-corrected chi connectivity index (χ2v) is 5.45. The van der Waals surface area contributed by atoms with Crippen molar-refractivity contribution < 1.29 is 9.84 Å². The van der Waals surface area contributed by atoms with E-state index in [1.54, 1.807) is 0 Å². The highest BCUT2D eigenvalue weighted by molar-refractivity contribution is 4.70. The van der Waals surface area contributed by atoms with Gasteiger partial charge in [0.15, 0.2) is 0 Å². The molecule has 0 aliphatic carbocycles. The molecule has 106 valence electrons. The van der Waals surface area contributed by atoms with E-state index in [9.17, 15) is 5.11 Å². The molecule has 0 saturated carbocycles. The Kier molecular flexibility index (Phi) is 5.85. The number of piperazine rings is 1. The molecule has 2 aliphatic rings. The summed E-state index contributed by atoms with van der Waals surface area (Å²) in [6, 6.07) is 0. The third-order valence-corrected chi connectivity index (χ3v) is 4.00. The van der Waals surface area contributed by atoms with Crippen LogP contribution in [0, 0.1) is 0 Å². The van der Waals surface area contributed by atoms with Crippen molar-refractivity contribution in [1.82, 2.24) is 14.7 Å². The fourth-order valence-electron chi connectivity index (χ4n) is 2.65. The van der Waals surface area contributed by atoms with E-state index in [-0.39, 0.29) is 12.8 Å². The third-order valence-electron chi connectivity index (χ3n) is 4.00. The van der Waals surface area contributed by atoms with Gasteiger partial charge in [0.1, 0.15) is 13.0 Å². The molecule has 0 spiro atoms. The van der Waals surface area contributed by atoms with Gasteiger partial charge in [0, 0.05) is 39.3 Å². The van der Waals surface area contributed by atoms with Crippen molar-refractivity contribution in [2.45, 2.75) is 25.5 Å². The fourth-order valence-corrected chi connectivity index (χ4v) is 2.65. The highest BCUT2D eigenvalue weighted by Gasteiger charge is 2.22. The van der Waals surface area contributed by atoms with Gasteiger partial charge in [-0.25, -0.2) is 0 Å². The van der Waals surface area contributed by atoms with E-state index in [0.29, 0.717) is 6.73 Å². The van der Waals surface area contributed by atoms with E-state index in [4.69, 9.17) is 4.74 Å². The molecule has 2 rings (SSSR count). The molecule has 2 heterocycles. The van der Waals surface area contributed by atoms with Gasteiger partial charge in [0.2, 0.25) is 0 Å². The predicted octanol–water partition coefficient (Wildman–Crippen LogP) is 0.0122.